The molecule has 0 saturated carbocycles. The van der Waals surface area contributed by atoms with Crippen molar-refractivity contribution < 1.29 is 14.0 Å². The standard InChI is InChI=1S/C22H11Cl3N2O3/c1-27-18-7-12(30-22(18)26-21(27)10-2-4-11(23)5-3-10)6-15-19(28)13-8-16(24)17(25)9-14(13)20(15)29/h2-9H,1H3. The molecule has 0 aliphatic heterocycles. The van der Waals surface area contributed by atoms with Gasteiger partial charge in [0.2, 0.25) is 5.71 Å². The summed E-state index contributed by atoms with van der Waals surface area (Å²) in [6.07, 6.45) is 1.43. The van der Waals surface area contributed by atoms with E-state index in [0.717, 1.165) is 11.1 Å². The highest BCUT2D eigenvalue weighted by molar-refractivity contribution is 6.46. The molecule has 0 radical (unpaired) electrons. The maximum Gasteiger partial charge on any atom is 0.245 e. The Hall–Kier alpha value is -2.86. The minimum Gasteiger partial charge on any atom is -0.437 e. The predicted octanol–water partition coefficient (Wildman–Crippen LogP) is 6.26. The molecular weight excluding hydrogens is 447 g/mol. The molecule has 4 aromatic rings. The Kier molecular flexibility index (Phi) is 4.36. The number of benzene rings is 2. The van der Waals surface area contributed by atoms with Crippen LogP contribution in [0.2, 0.25) is 15.1 Å². The number of carbonyl (C=O) groups is 2. The zero-order chi connectivity index (χ0) is 21.2. The molecule has 8 heteroatoms. The second-order valence-corrected chi connectivity index (χ2v) is 8.12. The topological polar surface area (TPSA) is 65.1 Å². The number of imidazole rings is 1. The molecular formula is C22H11Cl3N2O3. The number of fused-ring (bicyclic) bond motifs is 2. The van der Waals surface area contributed by atoms with E-state index in [9.17, 15) is 9.59 Å². The molecule has 0 atom stereocenters. The van der Waals surface area contributed by atoms with Gasteiger partial charge >= 0.3 is 0 Å². The number of ketones is 2. The number of hydrogen-bond donors (Lipinski definition) is 0. The van der Waals surface area contributed by atoms with Gasteiger partial charge in [0.05, 0.1) is 15.6 Å². The van der Waals surface area contributed by atoms with Crippen LogP contribution in [0.4, 0.5) is 0 Å². The van der Waals surface area contributed by atoms with Crippen molar-refractivity contribution in [2.45, 2.75) is 0 Å². The lowest BCUT2D eigenvalue weighted by molar-refractivity contribution is 0.0990. The first-order valence-electron chi connectivity index (χ1n) is 8.86. The lowest BCUT2D eigenvalue weighted by Gasteiger charge is -2.01. The van der Waals surface area contributed by atoms with Gasteiger partial charge in [-0.05, 0) is 42.5 Å². The fourth-order valence-corrected chi connectivity index (χ4v) is 3.97. The number of allylic oxidation sites excluding steroid dienone is 1. The van der Waals surface area contributed by atoms with Crippen LogP contribution in [0.15, 0.2) is 52.5 Å². The van der Waals surface area contributed by atoms with Crippen molar-refractivity contribution in [1.29, 1.82) is 0 Å². The average molecular weight is 458 g/mol. The van der Waals surface area contributed by atoms with Gasteiger partial charge in [-0.1, -0.05) is 34.8 Å². The fraction of sp³-hybridized carbons (Fsp3) is 0.0455. The van der Waals surface area contributed by atoms with E-state index in [1.54, 1.807) is 18.2 Å². The van der Waals surface area contributed by atoms with E-state index in [2.05, 4.69) is 4.98 Å². The van der Waals surface area contributed by atoms with E-state index < -0.39 is 11.6 Å². The van der Waals surface area contributed by atoms with Crippen LogP contribution < -0.4 is 0 Å². The number of aryl methyl sites for hydroxylation is 1. The van der Waals surface area contributed by atoms with Crippen LogP contribution in [0.1, 0.15) is 26.5 Å². The smallest absolute Gasteiger partial charge is 0.245 e. The summed E-state index contributed by atoms with van der Waals surface area (Å²) >= 11 is 17.9. The van der Waals surface area contributed by atoms with Gasteiger partial charge in [-0.3, -0.25) is 9.59 Å². The van der Waals surface area contributed by atoms with Crippen molar-refractivity contribution >= 4 is 63.7 Å². The molecule has 0 unspecified atom stereocenters. The van der Waals surface area contributed by atoms with Gasteiger partial charge in [-0.25, -0.2) is 0 Å². The van der Waals surface area contributed by atoms with E-state index in [1.807, 2.05) is 23.7 Å². The first kappa shape index (κ1) is 19.1. The van der Waals surface area contributed by atoms with Crippen LogP contribution in [-0.2, 0) is 7.05 Å². The van der Waals surface area contributed by atoms with Gasteiger partial charge in [0, 0.05) is 34.8 Å². The summed E-state index contributed by atoms with van der Waals surface area (Å²) in [7, 11) is 1.86. The van der Waals surface area contributed by atoms with Crippen molar-refractivity contribution in [3.63, 3.8) is 0 Å². The normalized spacial score (nSPS) is 13.4. The predicted molar refractivity (Wildman–Crippen MR) is 117 cm³/mol. The Bertz CT molecular complexity index is 1370. The van der Waals surface area contributed by atoms with Crippen molar-refractivity contribution in [3.05, 3.63) is 80.0 Å². The van der Waals surface area contributed by atoms with Crippen LogP contribution >= 0.6 is 34.8 Å². The number of aromatic nitrogens is 2. The first-order chi connectivity index (χ1) is 14.3. The molecule has 0 fully saturated rings. The highest BCUT2D eigenvalue weighted by atomic mass is 35.5. The van der Waals surface area contributed by atoms with Gasteiger partial charge in [-0.2, -0.15) is 4.98 Å². The number of rotatable bonds is 2. The number of nitrogens with zero attached hydrogens (tertiary/aromatic N) is 2. The zero-order valence-corrected chi connectivity index (χ0v) is 17.6. The maximum atomic E-state index is 12.7. The highest BCUT2D eigenvalue weighted by Crippen LogP contribution is 2.35. The third kappa shape index (κ3) is 2.89. The van der Waals surface area contributed by atoms with Crippen LogP contribution in [0.3, 0.4) is 0 Å². The second-order valence-electron chi connectivity index (χ2n) is 6.87. The van der Waals surface area contributed by atoms with Gasteiger partial charge in [-0.15, -0.1) is 0 Å². The number of Topliss-reactive ketones (excluding diaryl/α,β-unsaturated/α-hetero) is 2. The summed E-state index contributed by atoms with van der Waals surface area (Å²) in [5, 5.41) is 1.08. The zero-order valence-electron chi connectivity index (χ0n) is 15.4. The summed E-state index contributed by atoms with van der Waals surface area (Å²) in [6.45, 7) is 0. The molecule has 1 aliphatic rings. The molecule has 2 heterocycles. The summed E-state index contributed by atoms with van der Waals surface area (Å²) in [5.41, 5.74) is 2.49. The largest absolute Gasteiger partial charge is 0.437 e. The summed E-state index contributed by atoms with van der Waals surface area (Å²) in [6, 6.07) is 11.9. The molecule has 30 heavy (non-hydrogen) atoms. The van der Waals surface area contributed by atoms with E-state index in [1.165, 1.54) is 18.2 Å². The van der Waals surface area contributed by atoms with Crippen molar-refractivity contribution in [3.8, 4) is 11.4 Å². The monoisotopic (exact) mass is 456 g/mol. The molecule has 5 nitrogen and oxygen atoms in total. The van der Waals surface area contributed by atoms with E-state index in [-0.39, 0.29) is 26.7 Å². The average Bonchev–Trinajstić information content (AvgIpc) is 3.32. The minimum atomic E-state index is -0.413. The Balaban J connectivity index is 1.55. The Labute approximate surface area is 185 Å². The summed E-state index contributed by atoms with van der Waals surface area (Å²) < 4.78 is 7.66. The lowest BCUT2D eigenvalue weighted by atomic mass is 10.1. The molecule has 0 saturated heterocycles. The highest BCUT2D eigenvalue weighted by Gasteiger charge is 2.34. The van der Waals surface area contributed by atoms with E-state index in [0.29, 0.717) is 22.3 Å². The Morgan fingerprint density at radius 1 is 0.933 bits per heavy atom. The number of furan rings is 1. The Morgan fingerprint density at radius 2 is 1.53 bits per heavy atom. The number of halogens is 3. The molecule has 0 spiro atoms. The maximum absolute atomic E-state index is 12.7. The van der Waals surface area contributed by atoms with Gasteiger partial charge in [0.25, 0.3) is 0 Å². The van der Waals surface area contributed by atoms with Crippen LogP contribution in [0, 0.1) is 0 Å². The fourth-order valence-electron chi connectivity index (χ4n) is 3.51. The second kappa shape index (κ2) is 6.84. The third-order valence-electron chi connectivity index (χ3n) is 5.03. The molecule has 2 aromatic heterocycles. The van der Waals surface area contributed by atoms with Crippen LogP contribution in [0.5, 0.6) is 0 Å². The third-order valence-corrected chi connectivity index (χ3v) is 6.00. The molecule has 0 N–H and O–H groups in total. The molecule has 2 aromatic carbocycles. The lowest BCUT2D eigenvalue weighted by Crippen LogP contribution is -1.99. The van der Waals surface area contributed by atoms with Crippen LogP contribution in [-0.4, -0.2) is 21.1 Å². The van der Waals surface area contributed by atoms with Crippen molar-refractivity contribution in [2.75, 3.05) is 0 Å². The molecule has 0 amide bonds. The molecule has 0 bridgehead atoms. The Morgan fingerprint density at radius 3 is 2.10 bits per heavy atom. The summed E-state index contributed by atoms with van der Waals surface area (Å²) in [4.78, 5) is 29.9. The van der Waals surface area contributed by atoms with E-state index in [4.69, 9.17) is 39.2 Å². The molecule has 5 rings (SSSR count). The van der Waals surface area contributed by atoms with Gasteiger partial charge in [0.1, 0.15) is 17.1 Å². The van der Waals surface area contributed by atoms with Gasteiger partial charge in [0.15, 0.2) is 11.6 Å². The minimum absolute atomic E-state index is 0.000291. The van der Waals surface area contributed by atoms with Crippen molar-refractivity contribution in [2.24, 2.45) is 7.05 Å². The number of hydrogen-bond acceptors (Lipinski definition) is 4. The van der Waals surface area contributed by atoms with Gasteiger partial charge < -0.3 is 8.98 Å². The molecule has 1 aliphatic carbocycles. The van der Waals surface area contributed by atoms with E-state index >= 15 is 0 Å². The quantitative estimate of drug-likeness (QED) is 0.263. The van der Waals surface area contributed by atoms with Crippen molar-refractivity contribution in [1.82, 2.24) is 9.55 Å². The summed E-state index contributed by atoms with van der Waals surface area (Å²) in [5.74, 6) is 0.240. The van der Waals surface area contributed by atoms with Crippen LogP contribution in [0.25, 0.3) is 28.7 Å². The SMILES string of the molecule is Cn1c(-c2ccc(Cl)cc2)nc2oc(C=C3C(=O)c4cc(Cl)c(Cl)cc4C3=O)cc21. The first-order valence-corrected chi connectivity index (χ1v) is 9.99. The molecule has 148 valence electrons. The number of carbonyl (C=O) groups excluding carboxylic acids is 2.